The van der Waals surface area contributed by atoms with Crippen molar-refractivity contribution in [2.45, 2.75) is 6.61 Å². The topological polar surface area (TPSA) is 48.1 Å². The molecule has 0 aliphatic heterocycles. The maximum atomic E-state index is 5.74. The number of aromatic nitrogens is 1. The molecule has 0 aliphatic carbocycles. The Balaban J connectivity index is 1.81. The predicted octanol–water partition coefficient (Wildman–Crippen LogP) is 3.52. The smallest absolute Gasteiger partial charge is 0.144 e. The number of hydrogen-bond donors (Lipinski definition) is 1. The van der Waals surface area contributed by atoms with E-state index in [1.165, 1.54) is 16.4 Å². The van der Waals surface area contributed by atoms with Gasteiger partial charge < -0.3 is 10.5 Å². The van der Waals surface area contributed by atoms with Crippen LogP contribution in [0.2, 0.25) is 0 Å². The quantitative estimate of drug-likeness (QED) is 0.785. The van der Waals surface area contributed by atoms with E-state index in [-0.39, 0.29) is 0 Å². The molecule has 17 heavy (non-hydrogen) atoms. The third-order valence-electron chi connectivity index (χ3n) is 2.43. The highest BCUT2D eigenvalue weighted by atomic mass is 32.1. The van der Waals surface area contributed by atoms with Crippen LogP contribution in [0.3, 0.4) is 0 Å². The fraction of sp³-hybridized carbons (Fsp3) is 0.0833. The van der Waals surface area contributed by atoms with Crippen LogP contribution in [0.1, 0.15) is 4.88 Å². The molecule has 5 heteroatoms. The van der Waals surface area contributed by atoms with Crippen molar-refractivity contribution in [3.63, 3.8) is 0 Å². The molecule has 0 radical (unpaired) electrons. The van der Waals surface area contributed by atoms with Crippen molar-refractivity contribution < 1.29 is 4.74 Å². The number of ether oxygens (including phenoxy) is 1. The van der Waals surface area contributed by atoms with E-state index in [0.29, 0.717) is 12.4 Å². The van der Waals surface area contributed by atoms with E-state index in [9.17, 15) is 0 Å². The Morgan fingerprint density at radius 2 is 2.24 bits per heavy atom. The van der Waals surface area contributed by atoms with Crippen LogP contribution in [0.5, 0.6) is 5.75 Å². The maximum absolute atomic E-state index is 5.74. The zero-order valence-electron chi connectivity index (χ0n) is 8.92. The monoisotopic (exact) mass is 262 g/mol. The Morgan fingerprint density at radius 3 is 3.06 bits per heavy atom. The van der Waals surface area contributed by atoms with Gasteiger partial charge in [0.2, 0.25) is 0 Å². The van der Waals surface area contributed by atoms with E-state index < -0.39 is 0 Å². The molecule has 2 aromatic heterocycles. The molecule has 86 valence electrons. The van der Waals surface area contributed by atoms with Crippen LogP contribution in [0.4, 0.5) is 5.82 Å². The van der Waals surface area contributed by atoms with Crippen molar-refractivity contribution in [2.24, 2.45) is 0 Å². The summed E-state index contributed by atoms with van der Waals surface area (Å²) in [6, 6.07) is 9.96. The minimum absolute atomic E-state index is 0.592. The van der Waals surface area contributed by atoms with Crippen molar-refractivity contribution in [1.82, 2.24) is 4.37 Å². The summed E-state index contributed by atoms with van der Waals surface area (Å²) in [4.78, 5) is 1.22. The van der Waals surface area contributed by atoms with Gasteiger partial charge in [-0.05, 0) is 41.2 Å². The van der Waals surface area contributed by atoms with E-state index in [0.717, 1.165) is 15.8 Å². The lowest BCUT2D eigenvalue weighted by Crippen LogP contribution is -1.92. The number of nitrogen functional groups attached to an aromatic ring is 1. The SMILES string of the molecule is Nc1nsc2cc(OCc3cccs3)ccc12. The number of nitrogens with two attached hydrogens (primary N) is 1. The highest BCUT2D eigenvalue weighted by molar-refractivity contribution is 7.13. The minimum atomic E-state index is 0.592. The lowest BCUT2D eigenvalue weighted by Gasteiger charge is -2.04. The third-order valence-corrected chi connectivity index (χ3v) is 4.10. The first-order valence-electron chi connectivity index (χ1n) is 5.13. The molecule has 0 fully saturated rings. The van der Waals surface area contributed by atoms with Crippen LogP contribution in [0, 0.1) is 0 Å². The lowest BCUT2D eigenvalue weighted by atomic mass is 10.2. The van der Waals surface area contributed by atoms with Gasteiger partial charge in [-0.2, -0.15) is 4.37 Å². The zero-order chi connectivity index (χ0) is 11.7. The summed E-state index contributed by atoms with van der Waals surface area (Å²) in [5.41, 5.74) is 5.74. The number of nitrogens with zero attached hydrogens (tertiary/aromatic N) is 1. The van der Waals surface area contributed by atoms with Crippen molar-refractivity contribution in [2.75, 3.05) is 5.73 Å². The van der Waals surface area contributed by atoms with Crippen LogP contribution in [0.25, 0.3) is 10.1 Å². The Morgan fingerprint density at radius 1 is 1.29 bits per heavy atom. The molecule has 3 nitrogen and oxygen atoms in total. The largest absolute Gasteiger partial charge is 0.488 e. The average Bonchev–Trinajstić information content (AvgIpc) is 2.97. The van der Waals surface area contributed by atoms with Crippen molar-refractivity contribution in [1.29, 1.82) is 0 Å². The van der Waals surface area contributed by atoms with E-state index in [2.05, 4.69) is 10.4 Å². The van der Waals surface area contributed by atoms with Crippen LogP contribution >= 0.6 is 22.9 Å². The van der Waals surface area contributed by atoms with Crippen LogP contribution in [-0.2, 0) is 6.61 Å². The molecule has 0 amide bonds. The molecule has 0 saturated heterocycles. The van der Waals surface area contributed by atoms with Gasteiger partial charge in [-0.1, -0.05) is 6.07 Å². The van der Waals surface area contributed by atoms with E-state index in [1.807, 2.05) is 29.6 Å². The molecule has 0 unspecified atom stereocenters. The number of fused-ring (bicyclic) bond motifs is 1. The highest BCUT2D eigenvalue weighted by Gasteiger charge is 2.04. The fourth-order valence-electron chi connectivity index (χ4n) is 1.58. The normalized spacial score (nSPS) is 10.8. The van der Waals surface area contributed by atoms with Crippen molar-refractivity contribution in [3.05, 3.63) is 40.6 Å². The van der Waals surface area contributed by atoms with Gasteiger partial charge in [0.15, 0.2) is 0 Å². The maximum Gasteiger partial charge on any atom is 0.144 e. The van der Waals surface area contributed by atoms with Gasteiger partial charge >= 0.3 is 0 Å². The second-order valence-corrected chi connectivity index (χ2v) is 5.43. The Kier molecular flexibility index (Phi) is 2.70. The molecule has 1 aromatic carbocycles. The average molecular weight is 262 g/mol. The molecule has 2 heterocycles. The molecular formula is C12H10N2OS2. The number of benzene rings is 1. The summed E-state index contributed by atoms with van der Waals surface area (Å²) in [6.07, 6.45) is 0. The summed E-state index contributed by atoms with van der Waals surface area (Å²) in [5, 5.41) is 3.05. The number of anilines is 1. The standard InChI is InChI=1S/C12H10N2OS2/c13-12-10-4-3-8(6-11(10)17-14-12)15-7-9-2-1-5-16-9/h1-6H,7H2,(H2,13,14). The second-order valence-electron chi connectivity index (χ2n) is 3.59. The van der Waals surface area contributed by atoms with Crippen LogP contribution < -0.4 is 10.5 Å². The summed E-state index contributed by atoms with van der Waals surface area (Å²) in [7, 11) is 0. The van der Waals surface area contributed by atoms with Gasteiger partial charge in [0.1, 0.15) is 18.2 Å². The van der Waals surface area contributed by atoms with Crippen LogP contribution in [0.15, 0.2) is 35.7 Å². The van der Waals surface area contributed by atoms with Crippen molar-refractivity contribution in [3.8, 4) is 5.75 Å². The first kappa shape index (κ1) is 10.6. The predicted molar refractivity (Wildman–Crippen MR) is 72.7 cm³/mol. The summed E-state index contributed by atoms with van der Waals surface area (Å²) < 4.78 is 10.9. The Bertz CT molecular complexity index is 631. The lowest BCUT2D eigenvalue weighted by molar-refractivity contribution is 0.310. The van der Waals surface area contributed by atoms with E-state index in [4.69, 9.17) is 10.5 Å². The highest BCUT2D eigenvalue weighted by Crippen LogP contribution is 2.28. The Labute approximate surface area is 107 Å². The summed E-state index contributed by atoms with van der Waals surface area (Å²) in [6.45, 7) is 0.609. The summed E-state index contributed by atoms with van der Waals surface area (Å²) in [5.74, 6) is 1.45. The molecule has 2 N–H and O–H groups in total. The van der Waals surface area contributed by atoms with Gasteiger partial charge in [0, 0.05) is 10.3 Å². The van der Waals surface area contributed by atoms with Gasteiger partial charge in [0.25, 0.3) is 0 Å². The fourth-order valence-corrected chi connectivity index (χ4v) is 2.93. The molecule has 3 rings (SSSR count). The van der Waals surface area contributed by atoms with Gasteiger partial charge in [0.05, 0.1) is 4.70 Å². The van der Waals surface area contributed by atoms with E-state index >= 15 is 0 Å². The Hall–Kier alpha value is -1.59. The first-order chi connectivity index (χ1) is 8.33. The third kappa shape index (κ3) is 2.11. The van der Waals surface area contributed by atoms with Crippen LogP contribution in [-0.4, -0.2) is 4.37 Å². The summed E-state index contributed by atoms with van der Waals surface area (Å²) >= 11 is 3.09. The first-order valence-corrected chi connectivity index (χ1v) is 6.78. The molecule has 0 aliphatic rings. The molecule has 3 aromatic rings. The number of hydrogen-bond acceptors (Lipinski definition) is 5. The minimum Gasteiger partial charge on any atom is -0.488 e. The van der Waals surface area contributed by atoms with Gasteiger partial charge in [-0.25, -0.2) is 0 Å². The second kappa shape index (κ2) is 4.35. The molecule has 0 atom stereocenters. The van der Waals surface area contributed by atoms with E-state index in [1.54, 1.807) is 11.3 Å². The zero-order valence-corrected chi connectivity index (χ0v) is 10.6. The van der Waals surface area contributed by atoms with Crippen molar-refractivity contribution >= 4 is 38.8 Å². The molecular weight excluding hydrogens is 252 g/mol. The molecule has 0 spiro atoms. The van der Waals surface area contributed by atoms with Gasteiger partial charge in [-0.3, -0.25) is 0 Å². The molecule has 0 bridgehead atoms. The number of rotatable bonds is 3. The van der Waals surface area contributed by atoms with Gasteiger partial charge in [-0.15, -0.1) is 11.3 Å². The molecule has 0 saturated carbocycles. The number of thiophene rings is 1.